The molecule has 98 valence electrons. The molecule has 1 aliphatic rings. The molecule has 0 N–H and O–H groups in total. The number of fused-ring (bicyclic) bond motifs is 1. The van der Waals surface area contributed by atoms with E-state index in [1.54, 1.807) is 48.5 Å². The summed E-state index contributed by atoms with van der Waals surface area (Å²) in [6.45, 7) is 0. The van der Waals surface area contributed by atoms with Crippen LogP contribution in [-0.4, -0.2) is 11.9 Å². The van der Waals surface area contributed by atoms with Crippen LogP contribution >= 0.6 is 11.6 Å². The maximum absolute atomic E-state index is 11.9. The van der Waals surface area contributed by atoms with E-state index in [0.29, 0.717) is 27.3 Å². The number of carbonyl (C=O) groups is 2. The first-order chi connectivity index (χ1) is 9.66. The van der Waals surface area contributed by atoms with Crippen molar-refractivity contribution in [2.24, 2.45) is 0 Å². The van der Waals surface area contributed by atoms with Gasteiger partial charge in [-0.25, -0.2) is 9.59 Å². The van der Waals surface area contributed by atoms with Crippen molar-refractivity contribution in [3.8, 4) is 0 Å². The third-order valence-corrected chi connectivity index (χ3v) is 3.39. The minimum atomic E-state index is -0.659. The predicted octanol–water partition coefficient (Wildman–Crippen LogP) is 3.58. The van der Waals surface area contributed by atoms with Crippen LogP contribution in [0.25, 0.3) is 11.6 Å². The minimum Gasteiger partial charge on any atom is -0.386 e. The standard InChI is InChI=1S/C16H9ClO3/c17-14-8-4-1-5-10(14)9-13-11-6-2-3-7-12(11)15(18)20-16(13)19/h1-9H. The average molecular weight is 285 g/mol. The molecule has 2 aromatic rings. The zero-order valence-electron chi connectivity index (χ0n) is 10.3. The highest BCUT2D eigenvalue weighted by Crippen LogP contribution is 2.30. The van der Waals surface area contributed by atoms with Gasteiger partial charge in [-0.1, -0.05) is 48.0 Å². The van der Waals surface area contributed by atoms with Gasteiger partial charge in [0.2, 0.25) is 0 Å². The second-order valence-electron chi connectivity index (χ2n) is 4.30. The molecule has 0 aromatic heterocycles. The molecule has 1 aliphatic heterocycles. The van der Waals surface area contributed by atoms with Crippen LogP contribution in [0.5, 0.6) is 0 Å². The maximum Gasteiger partial charge on any atom is 0.346 e. The second kappa shape index (κ2) is 4.94. The molecule has 3 rings (SSSR count). The molecule has 0 saturated heterocycles. The molecule has 0 amide bonds. The van der Waals surface area contributed by atoms with Crippen molar-refractivity contribution in [1.29, 1.82) is 0 Å². The Hall–Kier alpha value is -2.39. The Kier molecular flexibility index (Phi) is 3.12. The van der Waals surface area contributed by atoms with Gasteiger partial charge in [0.15, 0.2) is 0 Å². The van der Waals surface area contributed by atoms with Gasteiger partial charge >= 0.3 is 11.9 Å². The molecule has 0 unspecified atom stereocenters. The van der Waals surface area contributed by atoms with E-state index in [1.165, 1.54) is 0 Å². The van der Waals surface area contributed by atoms with Gasteiger partial charge in [0.05, 0.1) is 11.1 Å². The van der Waals surface area contributed by atoms with Crippen LogP contribution in [0.15, 0.2) is 48.5 Å². The zero-order chi connectivity index (χ0) is 14.1. The second-order valence-corrected chi connectivity index (χ2v) is 4.71. The number of cyclic esters (lactones) is 2. The largest absolute Gasteiger partial charge is 0.386 e. The van der Waals surface area contributed by atoms with Crippen LogP contribution in [0.1, 0.15) is 21.5 Å². The molecular weight excluding hydrogens is 276 g/mol. The topological polar surface area (TPSA) is 43.4 Å². The summed E-state index contributed by atoms with van der Waals surface area (Å²) >= 11 is 6.08. The summed E-state index contributed by atoms with van der Waals surface area (Å²) in [5, 5.41) is 0.530. The molecule has 0 spiro atoms. The van der Waals surface area contributed by atoms with Crippen LogP contribution in [0.2, 0.25) is 5.02 Å². The van der Waals surface area contributed by atoms with Gasteiger partial charge in [0.25, 0.3) is 0 Å². The monoisotopic (exact) mass is 284 g/mol. The number of carbonyl (C=O) groups excluding carboxylic acids is 2. The van der Waals surface area contributed by atoms with E-state index in [4.69, 9.17) is 16.3 Å². The Balaban J connectivity index is 2.19. The summed E-state index contributed by atoms with van der Waals surface area (Å²) in [6, 6.07) is 14.0. The normalized spacial score (nSPS) is 15.9. The first kappa shape index (κ1) is 12.6. The number of rotatable bonds is 1. The first-order valence-electron chi connectivity index (χ1n) is 5.99. The number of esters is 2. The quantitative estimate of drug-likeness (QED) is 0.457. The molecule has 0 bridgehead atoms. The lowest BCUT2D eigenvalue weighted by Gasteiger charge is -2.16. The SMILES string of the molecule is O=C1OC(=O)c2ccccc2C1=Cc1ccccc1Cl. The fourth-order valence-electron chi connectivity index (χ4n) is 2.08. The number of hydrogen-bond acceptors (Lipinski definition) is 3. The van der Waals surface area contributed by atoms with Gasteiger partial charge in [-0.05, 0) is 23.8 Å². The van der Waals surface area contributed by atoms with Gasteiger partial charge in [-0.2, -0.15) is 0 Å². The number of halogens is 1. The predicted molar refractivity (Wildman–Crippen MR) is 76.2 cm³/mol. The average Bonchev–Trinajstić information content (AvgIpc) is 2.45. The van der Waals surface area contributed by atoms with Crippen molar-refractivity contribution < 1.29 is 14.3 Å². The zero-order valence-corrected chi connectivity index (χ0v) is 11.1. The number of hydrogen-bond donors (Lipinski definition) is 0. The highest BCUT2D eigenvalue weighted by Gasteiger charge is 2.29. The summed E-state index contributed by atoms with van der Waals surface area (Å²) in [5.74, 6) is -1.28. The Morgan fingerprint density at radius 3 is 2.25 bits per heavy atom. The van der Waals surface area contributed by atoms with E-state index in [2.05, 4.69) is 0 Å². The minimum absolute atomic E-state index is 0.327. The summed E-state index contributed by atoms with van der Waals surface area (Å²) in [7, 11) is 0. The lowest BCUT2D eigenvalue weighted by Crippen LogP contribution is -2.21. The van der Waals surface area contributed by atoms with Crippen molar-refractivity contribution in [2.45, 2.75) is 0 Å². The molecule has 4 heteroatoms. The van der Waals surface area contributed by atoms with Gasteiger partial charge in [0.1, 0.15) is 0 Å². The molecule has 0 fully saturated rings. The first-order valence-corrected chi connectivity index (χ1v) is 6.37. The molecule has 0 atom stereocenters. The van der Waals surface area contributed by atoms with E-state index in [1.807, 2.05) is 6.07 Å². The molecule has 20 heavy (non-hydrogen) atoms. The number of benzene rings is 2. The molecule has 0 saturated carbocycles. The van der Waals surface area contributed by atoms with Crippen LogP contribution in [0, 0.1) is 0 Å². The maximum atomic E-state index is 11.9. The third kappa shape index (κ3) is 2.12. The summed E-state index contributed by atoms with van der Waals surface area (Å²) in [4.78, 5) is 23.6. The van der Waals surface area contributed by atoms with E-state index in [0.717, 1.165) is 0 Å². The molecule has 3 nitrogen and oxygen atoms in total. The Morgan fingerprint density at radius 2 is 1.50 bits per heavy atom. The molecule has 1 heterocycles. The highest BCUT2D eigenvalue weighted by atomic mass is 35.5. The van der Waals surface area contributed by atoms with Crippen LogP contribution in [-0.2, 0) is 9.53 Å². The summed E-state index contributed by atoms with van der Waals surface area (Å²) in [6.07, 6.45) is 1.63. The van der Waals surface area contributed by atoms with Crippen molar-refractivity contribution in [3.05, 3.63) is 70.2 Å². The summed E-state index contributed by atoms with van der Waals surface area (Å²) < 4.78 is 4.75. The number of ether oxygens (including phenoxy) is 1. The van der Waals surface area contributed by atoms with Crippen LogP contribution in [0.4, 0.5) is 0 Å². The van der Waals surface area contributed by atoms with E-state index < -0.39 is 11.9 Å². The molecule has 2 aromatic carbocycles. The smallest absolute Gasteiger partial charge is 0.346 e. The molecular formula is C16H9ClO3. The van der Waals surface area contributed by atoms with Gasteiger partial charge in [-0.15, -0.1) is 0 Å². The van der Waals surface area contributed by atoms with Gasteiger partial charge in [-0.3, -0.25) is 0 Å². The fourth-order valence-corrected chi connectivity index (χ4v) is 2.27. The van der Waals surface area contributed by atoms with Crippen LogP contribution in [0.3, 0.4) is 0 Å². The van der Waals surface area contributed by atoms with E-state index >= 15 is 0 Å². The lowest BCUT2D eigenvalue weighted by atomic mass is 9.96. The Labute approximate surface area is 120 Å². The highest BCUT2D eigenvalue weighted by molar-refractivity contribution is 6.34. The van der Waals surface area contributed by atoms with Crippen molar-refractivity contribution in [2.75, 3.05) is 0 Å². The van der Waals surface area contributed by atoms with Gasteiger partial charge < -0.3 is 4.74 Å². The van der Waals surface area contributed by atoms with E-state index in [-0.39, 0.29) is 0 Å². The van der Waals surface area contributed by atoms with Crippen molar-refractivity contribution in [3.63, 3.8) is 0 Å². The lowest BCUT2D eigenvalue weighted by molar-refractivity contribution is -0.131. The third-order valence-electron chi connectivity index (χ3n) is 3.05. The molecule has 0 radical (unpaired) electrons. The van der Waals surface area contributed by atoms with Crippen molar-refractivity contribution >= 4 is 35.2 Å². The fraction of sp³-hybridized carbons (Fsp3) is 0. The Bertz CT molecular complexity index is 747. The van der Waals surface area contributed by atoms with Crippen molar-refractivity contribution in [1.82, 2.24) is 0 Å². The molecule has 0 aliphatic carbocycles. The summed E-state index contributed by atoms with van der Waals surface area (Å²) in [5.41, 5.74) is 1.97. The van der Waals surface area contributed by atoms with E-state index in [9.17, 15) is 9.59 Å². The Morgan fingerprint density at radius 1 is 0.850 bits per heavy atom. The van der Waals surface area contributed by atoms with Crippen LogP contribution < -0.4 is 0 Å². The van der Waals surface area contributed by atoms with Gasteiger partial charge in [0, 0.05) is 10.6 Å².